The first-order valence-corrected chi connectivity index (χ1v) is 10.1. The van der Waals surface area contributed by atoms with E-state index in [-0.39, 0.29) is 6.61 Å². The Bertz CT molecular complexity index is 999. The third-order valence-electron chi connectivity index (χ3n) is 4.46. The van der Waals surface area contributed by atoms with Crippen molar-refractivity contribution in [2.75, 3.05) is 19.5 Å². The van der Waals surface area contributed by atoms with E-state index in [0.717, 1.165) is 16.4 Å². The van der Waals surface area contributed by atoms with Crippen molar-refractivity contribution in [2.45, 2.75) is 25.5 Å². The number of hydrogen-bond acceptors (Lipinski definition) is 8. The molecular weight excluding hydrogens is 390 g/mol. The van der Waals surface area contributed by atoms with Crippen molar-refractivity contribution in [2.24, 2.45) is 0 Å². The molecule has 0 amide bonds. The molecule has 1 aliphatic carbocycles. The third kappa shape index (κ3) is 4.65. The fourth-order valence-electron chi connectivity index (χ4n) is 2.73. The molecule has 1 aromatic carbocycles. The number of benzene rings is 1. The number of nitrogens with zero attached hydrogens (tertiary/aromatic N) is 2. The van der Waals surface area contributed by atoms with Crippen LogP contribution in [0, 0.1) is 0 Å². The average Bonchev–Trinajstić information content (AvgIpc) is 3.45. The molecule has 2 aromatic heterocycles. The molecule has 8 heteroatoms. The molecule has 2 heterocycles. The summed E-state index contributed by atoms with van der Waals surface area (Å²) in [5.41, 5.74) is 2.02. The predicted molar refractivity (Wildman–Crippen MR) is 111 cm³/mol. The van der Waals surface area contributed by atoms with E-state index in [1.54, 1.807) is 26.4 Å². The molecule has 0 unspecified atom stereocenters. The van der Waals surface area contributed by atoms with Crippen molar-refractivity contribution in [3.63, 3.8) is 0 Å². The summed E-state index contributed by atoms with van der Waals surface area (Å²) >= 11 is 1.48. The predicted octanol–water partition coefficient (Wildman–Crippen LogP) is 4.15. The van der Waals surface area contributed by atoms with Crippen LogP contribution in [0.3, 0.4) is 0 Å². The van der Waals surface area contributed by atoms with Gasteiger partial charge in [0.15, 0.2) is 11.5 Å². The molecule has 0 saturated heterocycles. The summed E-state index contributed by atoms with van der Waals surface area (Å²) in [6.07, 6.45) is 3.87. The Morgan fingerprint density at radius 3 is 2.69 bits per heavy atom. The van der Waals surface area contributed by atoms with Crippen LogP contribution in [-0.4, -0.2) is 36.2 Å². The molecule has 0 aliphatic heterocycles. The molecule has 0 radical (unpaired) electrons. The second-order valence-electron chi connectivity index (χ2n) is 6.64. The van der Waals surface area contributed by atoms with Gasteiger partial charge in [-0.1, -0.05) is 0 Å². The first-order valence-electron chi connectivity index (χ1n) is 9.23. The maximum atomic E-state index is 12.3. The van der Waals surface area contributed by atoms with Gasteiger partial charge in [-0.05, 0) is 43.2 Å². The van der Waals surface area contributed by atoms with Gasteiger partial charge in [-0.25, -0.2) is 14.8 Å². The molecule has 1 fully saturated rings. The van der Waals surface area contributed by atoms with Crippen LogP contribution in [-0.2, 0) is 11.3 Å². The highest BCUT2D eigenvalue weighted by Crippen LogP contribution is 2.33. The van der Waals surface area contributed by atoms with Gasteiger partial charge in [0.05, 0.1) is 25.5 Å². The quantitative estimate of drug-likeness (QED) is 0.558. The van der Waals surface area contributed by atoms with Crippen molar-refractivity contribution >= 4 is 23.1 Å². The van der Waals surface area contributed by atoms with Crippen LogP contribution in [0.5, 0.6) is 11.5 Å². The van der Waals surface area contributed by atoms with E-state index in [2.05, 4.69) is 15.3 Å². The Labute approximate surface area is 172 Å². The van der Waals surface area contributed by atoms with Gasteiger partial charge in [0.25, 0.3) is 0 Å². The van der Waals surface area contributed by atoms with Crippen LogP contribution < -0.4 is 14.8 Å². The van der Waals surface area contributed by atoms with E-state index < -0.39 is 5.97 Å². The summed E-state index contributed by atoms with van der Waals surface area (Å²) in [6, 6.07) is 9.66. The highest BCUT2D eigenvalue weighted by Gasteiger charge is 2.21. The van der Waals surface area contributed by atoms with Crippen LogP contribution >= 0.6 is 11.3 Å². The van der Waals surface area contributed by atoms with E-state index in [4.69, 9.17) is 14.2 Å². The van der Waals surface area contributed by atoms with Crippen molar-refractivity contribution in [1.29, 1.82) is 0 Å². The molecule has 1 N–H and O–H groups in total. The van der Waals surface area contributed by atoms with Crippen LogP contribution in [0.4, 0.5) is 5.82 Å². The topological polar surface area (TPSA) is 82.6 Å². The number of anilines is 1. The standard InChI is InChI=1S/C21H21N3O4S/c1-26-17-7-3-13(9-18(17)27-2)20-24-16(12-29-20)11-28-21(25)14-4-8-19(22-10-14)23-15-5-6-15/h3-4,7-10,12,15H,5-6,11H2,1-2H3,(H,22,23). The molecule has 0 bridgehead atoms. The zero-order valence-corrected chi connectivity index (χ0v) is 17.0. The molecular formula is C21H21N3O4S. The lowest BCUT2D eigenvalue weighted by Gasteiger charge is -2.08. The minimum atomic E-state index is -0.420. The Kier molecular flexibility index (Phi) is 5.62. The van der Waals surface area contributed by atoms with Gasteiger partial charge >= 0.3 is 5.97 Å². The van der Waals surface area contributed by atoms with Crippen LogP contribution in [0.2, 0.25) is 0 Å². The zero-order valence-electron chi connectivity index (χ0n) is 16.2. The number of pyridine rings is 1. The van der Waals surface area contributed by atoms with Gasteiger partial charge in [-0.2, -0.15) is 0 Å². The highest BCUT2D eigenvalue weighted by molar-refractivity contribution is 7.13. The Balaban J connectivity index is 1.37. The summed E-state index contributed by atoms with van der Waals surface area (Å²) in [4.78, 5) is 21.1. The van der Waals surface area contributed by atoms with Gasteiger partial charge in [0.2, 0.25) is 0 Å². The maximum Gasteiger partial charge on any atom is 0.340 e. The van der Waals surface area contributed by atoms with Gasteiger partial charge in [-0.15, -0.1) is 11.3 Å². The smallest absolute Gasteiger partial charge is 0.340 e. The number of esters is 1. The molecule has 3 aromatic rings. The number of carbonyl (C=O) groups excluding carboxylic acids is 1. The first kappa shape index (κ1) is 19.2. The second-order valence-corrected chi connectivity index (χ2v) is 7.50. The van der Waals surface area contributed by atoms with Gasteiger partial charge in [0, 0.05) is 23.2 Å². The molecule has 0 atom stereocenters. The Morgan fingerprint density at radius 2 is 2.00 bits per heavy atom. The average molecular weight is 411 g/mol. The molecule has 150 valence electrons. The maximum absolute atomic E-state index is 12.3. The van der Waals surface area contributed by atoms with Gasteiger partial charge in [0.1, 0.15) is 17.4 Å². The number of methoxy groups -OCH3 is 2. The van der Waals surface area contributed by atoms with E-state index in [9.17, 15) is 4.79 Å². The largest absolute Gasteiger partial charge is 0.493 e. The molecule has 1 saturated carbocycles. The lowest BCUT2D eigenvalue weighted by atomic mass is 10.2. The Hall–Kier alpha value is -3.13. The summed E-state index contributed by atoms with van der Waals surface area (Å²) < 4.78 is 16.0. The molecule has 0 spiro atoms. The molecule has 29 heavy (non-hydrogen) atoms. The van der Waals surface area contributed by atoms with Crippen molar-refractivity contribution in [3.8, 4) is 22.1 Å². The second kappa shape index (κ2) is 8.48. The minimum Gasteiger partial charge on any atom is -0.493 e. The number of ether oxygens (including phenoxy) is 3. The number of nitrogens with one attached hydrogen (secondary N) is 1. The number of carbonyl (C=O) groups is 1. The minimum absolute atomic E-state index is 0.102. The van der Waals surface area contributed by atoms with Crippen molar-refractivity contribution < 1.29 is 19.0 Å². The number of aromatic nitrogens is 2. The molecule has 7 nitrogen and oxygen atoms in total. The molecule has 1 aliphatic rings. The fourth-order valence-corrected chi connectivity index (χ4v) is 3.54. The van der Waals surface area contributed by atoms with Gasteiger partial charge in [-0.3, -0.25) is 0 Å². The van der Waals surface area contributed by atoms with E-state index in [0.29, 0.717) is 28.8 Å². The lowest BCUT2D eigenvalue weighted by Crippen LogP contribution is -2.07. The lowest BCUT2D eigenvalue weighted by molar-refractivity contribution is 0.0468. The van der Waals surface area contributed by atoms with E-state index >= 15 is 0 Å². The van der Waals surface area contributed by atoms with Crippen molar-refractivity contribution in [1.82, 2.24) is 9.97 Å². The summed E-state index contributed by atoms with van der Waals surface area (Å²) in [5, 5.41) is 5.97. The van der Waals surface area contributed by atoms with Crippen molar-refractivity contribution in [3.05, 3.63) is 53.2 Å². The van der Waals surface area contributed by atoms with Gasteiger partial charge < -0.3 is 19.5 Å². The normalized spacial score (nSPS) is 13.0. The zero-order chi connectivity index (χ0) is 20.2. The van der Waals surface area contributed by atoms with E-state index in [1.807, 2.05) is 23.6 Å². The molecule has 4 rings (SSSR count). The summed E-state index contributed by atoms with van der Waals surface area (Å²) in [5.74, 6) is 1.66. The van der Waals surface area contributed by atoms with Crippen LogP contribution in [0.25, 0.3) is 10.6 Å². The monoisotopic (exact) mass is 411 g/mol. The highest BCUT2D eigenvalue weighted by atomic mass is 32.1. The number of hydrogen-bond donors (Lipinski definition) is 1. The van der Waals surface area contributed by atoms with Crippen LogP contribution in [0.1, 0.15) is 28.9 Å². The fraction of sp³-hybridized carbons (Fsp3) is 0.286. The number of thiazole rings is 1. The summed E-state index contributed by atoms with van der Waals surface area (Å²) in [6.45, 7) is 0.102. The third-order valence-corrected chi connectivity index (χ3v) is 5.40. The van der Waals surface area contributed by atoms with Crippen LogP contribution in [0.15, 0.2) is 41.9 Å². The summed E-state index contributed by atoms with van der Waals surface area (Å²) in [7, 11) is 3.19. The SMILES string of the molecule is COc1ccc(-c2nc(COC(=O)c3ccc(NC4CC4)nc3)cs2)cc1OC. The first-order chi connectivity index (χ1) is 14.2. The number of rotatable bonds is 8. The van der Waals surface area contributed by atoms with E-state index in [1.165, 1.54) is 30.4 Å². The Morgan fingerprint density at radius 1 is 1.17 bits per heavy atom.